The number of carboxylic acids is 1. The maximum Gasteiger partial charge on any atom is 0.335 e. The molecule has 3 rings (SSSR count). The first-order valence-electron chi connectivity index (χ1n) is 8.46. The Morgan fingerprint density at radius 1 is 1.12 bits per heavy atom. The summed E-state index contributed by atoms with van der Waals surface area (Å²) < 4.78 is 19.1. The third-order valence-corrected chi connectivity index (χ3v) is 4.79. The predicted octanol–water partition coefficient (Wildman–Crippen LogP) is 2.89. The minimum Gasteiger partial charge on any atom is -0.478 e. The zero-order chi connectivity index (χ0) is 18.6. The van der Waals surface area contributed by atoms with Gasteiger partial charge in [0.1, 0.15) is 5.82 Å². The van der Waals surface area contributed by atoms with Crippen molar-refractivity contribution in [1.29, 1.82) is 0 Å². The topological polar surface area (TPSA) is 75.6 Å². The van der Waals surface area contributed by atoms with Gasteiger partial charge in [0, 0.05) is 19.8 Å². The number of ether oxygens (including phenoxy) is 1. The van der Waals surface area contributed by atoms with Crippen LogP contribution >= 0.6 is 0 Å². The predicted molar refractivity (Wildman–Crippen MR) is 93.4 cm³/mol. The molecule has 1 fully saturated rings. The summed E-state index contributed by atoms with van der Waals surface area (Å²) >= 11 is 0. The van der Waals surface area contributed by atoms with Gasteiger partial charge in [-0.1, -0.05) is 24.3 Å². The Balaban J connectivity index is 1.80. The number of hydrogen-bond acceptors (Lipinski definition) is 3. The maximum absolute atomic E-state index is 13.7. The van der Waals surface area contributed by atoms with E-state index in [4.69, 9.17) is 9.84 Å². The standard InChI is InChI=1S/C20H20FNO4/c21-17-6-2-5-16(12-17)20(7-9-26-10-8-20)19(25)22-13-14-3-1-4-15(11-14)18(23)24/h1-6,11-12H,7-10,13H2,(H,22,25)(H,23,24). The van der Waals surface area contributed by atoms with Gasteiger partial charge in [-0.3, -0.25) is 4.79 Å². The van der Waals surface area contributed by atoms with E-state index < -0.39 is 11.4 Å². The van der Waals surface area contributed by atoms with Gasteiger partial charge < -0.3 is 15.2 Å². The first kappa shape index (κ1) is 18.1. The van der Waals surface area contributed by atoms with Crippen molar-refractivity contribution in [1.82, 2.24) is 5.32 Å². The van der Waals surface area contributed by atoms with Gasteiger partial charge in [0.25, 0.3) is 0 Å². The summed E-state index contributed by atoms with van der Waals surface area (Å²) in [6, 6.07) is 12.5. The Morgan fingerprint density at radius 2 is 1.85 bits per heavy atom. The van der Waals surface area contributed by atoms with Gasteiger partial charge >= 0.3 is 5.97 Å². The summed E-state index contributed by atoms with van der Waals surface area (Å²) in [5.74, 6) is -1.60. The third-order valence-electron chi connectivity index (χ3n) is 4.79. The van der Waals surface area contributed by atoms with Crippen LogP contribution in [0.4, 0.5) is 4.39 Å². The number of rotatable bonds is 5. The molecule has 0 saturated carbocycles. The van der Waals surface area contributed by atoms with E-state index in [2.05, 4.69) is 5.32 Å². The number of benzene rings is 2. The van der Waals surface area contributed by atoms with Crippen LogP contribution in [0.25, 0.3) is 0 Å². The molecule has 0 radical (unpaired) electrons. The van der Waals surface area contributed by atoms with Gasteiger partial charge in [0.2, 0.25) is 5.91 Å². The molecule has 2 aromatic carbocycles. The van der Waals surface area contributed by atoms with Gasteiger partial charge in [0.05, 0.1) is 11.0 Å². The highest BCUT2D eigenvalue weighted by atomic mass is 19.1. The number of halogens is 1. The largest absolute Gasteiger partial charge is 0.478 e. The zero-order valence-electron chi connectivity index (χ0n) is 14.2. The molecule has 2 N–H and O–H groups in total. The van der Waals surface area contributed by atoms with Crippen LogP contribution in [0.1, 0.15) is 34.3 Å². The van der Waals surface area contributed by atoms with Crippen LogP contribution in [0.2, 0.25) is 0 Å². The minimum atomic E-state index is -1.01. The fourth-order valence-corrected chi connectivity index (χ4v) is 3.32. The molecule has 1 aliphatic heterocycles. The summed E-state index contributed by atoms with van der Waals surface area (Å²) in [7, 11) is 0. The average Bonchev–Trinajstić information content (AvgIpc) is 2.67. The molecule has 2 aromatic rings. The van der Waals surface area contributed by atoms with Crippen molar-refractivity contribution in [2.24, 2.45) is 0 Å². The zero-order valence-corrected chi connectivity index (χ0v) is 14.2. The van der Waals surface area contributed by atoms with Gasteiger partial charge in [-0.05, 0) is 48.2 Å². The molecule has 1 amide bonds. The van der Waals surface area contributed by atoms with Crippen LogP contribution in [0.15, 0.2) is 48.5 Å². The van der Waals surface area contributed by atoms with Crippen LogP contribution in [0, 0.1) is 5.82 Å². The van der Waals surface area contributed by atoms with E-state index in [1.54, 1.807) is 24.3 Å². The SMILES string of the molecule is O=C(O)c1cccc(CNC(=O)C2(c3cccc(F)c3)CCOCC2)c1. The van der Waals surface area contributed by atoms with E-state index in [0.717, 1.165) is 0 Å². The van der Waals surface area contributed by atoms with E-state index in [0.29, 0.717) is 37.2 Å². The Morgan fingerprint density at radius 3 is 2.54 bits per heavy atom. The summed E-state index contributed by atoms with van der Waals surface area (Å²) in [6.07, 6.45) is 0.939. The van der Waals surface area contributed by atoms with E-state index >= 15 is 0 Å². The lowest BCUT2D eigenvalue weighted by atomic mass is 9.73. The van der Waals surface area contributed by atoms with E-state index in [1.807, 2.05) is 0 Å². The maximum atomic E-state index is 13.7. The highest BCUT2D eigenvalue weighted by Crippen LogP contribution is 2.35. The normalized spacial score (nSPS) is 16.0. The lowest BCUT2D eigenvalue weighted by Gasteiger charge is -2.36. The van der Waals surface area contributed by atoms with Crippen molar-refractivity contribution in [3.05, 3.63) is 71.0 Å². The molecule has 0 atom stereocenters. The molecule has 26 heavy (non-hydrogen) atoms. The second-order valence-corrected chi connectivity index (χ2v) is 6.39. The summed E-state index contributed by atoms with van der Waals surface area (Å²) in [4.78, 5) is 24.1. The van der Waals surface area contributed by atoms with E-state index in [-0.39, 0.29) is 23.8 Å². The molecular formula is C20H20FNO4. The first-order chi connectivity index (χ1) is 12.5. The number of amides is 1. The summed E-state index contributed by atoms with van der Waals surface area (Å²) in [5.41, 5.74) is 0.657. The minimum absolute atomic E-state index is 0.169. The second-order valence-electron chi connectivity index (χ2n) is 6.39. The van der Waals surface area contributed by atoms with Crippen LogP contribution in [-0.4, -0.2) is 30.2 Å². The average molecular weight is 357 g/mol. The van der Waals surface area contributed by atoms with Gasteiger partial charge in [-0.15, -0.1) is 0 Å². The molecule has 1 saturated heterocycles. The fourth-order valence-electron chi connectivity index (χ4n) is 3.32. The lowest BCUT2D eigenvalue weighted by Crippen LogP contribution is -2.47. The lowest BCUT2D eigenvalue weighted by molar-refractivity contribution is -0.130. The van der Waals surface area contributed by atoms with Crippen LogP contribution in [0.3, 0.4) is 0 Å². The molecule has 0 unspecified atom stereocenters. The second kappa shape index (κ2) is 7.66. The van der Waals surface area contributed by atoms with Crippen molar-refractivity contribution >= 4 is 11.9 Å². The molecule has 136 valence electrons. The molecule has 5 nitrogen and oxygen atoms in total. The Bertz CT molecular complexity index is 815. The molecule has 1 aliphatic rings. The van der Waals surface area contributed by atoms with Crippen molar-refractivity contribution in [3.63, 3.8) is 0 Å². The monoisotopic (exact) mass is 357 g/mol. The molecule has 0 spiro atoms. The molecule has 0 aromatic heterocycles. The highest BCUT2D eigenvalue weighted by Gasteiger charge is 2.41. The smallest absolute Gasteiger partial charge is 0.335 e. The van der Waals surface area contributed by atoms with Crippen LogP contribution in [-0.2, 0) is 21.5 Å². The molecular weight excluding hydrogens is 337 g/mol. The molecule has 1 heterocycles. The Labute approximate surface area is 150 Å². The van der Waals surface area contributed by atoms with E-state index in [1.165, 1.54) is 24.3 Å². The van der Waals surface area contributed by atoms with Crippen LogP contribution < -0.4 is 5.32 Å². The summed E-state index contributed by atoms with van der Waals surface area (Å²) in [5, 5.41) is 12.0. The number of aromatic carboxylic acids is 1. The first-order valence-corrected chi connectivity index (χ1v) is 8.46. The number of hydrogen-bond donors (Lipinski definition) is 2. The molecule has 0 aliphatic carbocycles. The molecule has 6 heteroatoms. The van der Waals surface area contributed by atoms with Crippen LogP contribution in [0.5, 0.6) is 0 Å². The Kier molecular flexibility index (Phi) is 5.32. The van der Waals surface area contributed by atoms with Gasteiger partial charge in [-0.25, -0.2) is 9.18 Å². The highest BCUT2D eigenvalue weighted by molar-refractivity contribution is 5.89. The quantitative estimate of drug-likeness (QED) is 0.863. The van der Waals surface area contributed by atoms with Gasteiger partial charge in [0.15, 0.2) is 0 Å². The van der Waals surface area contributed by atoms with Crippen molar-refractivity contribution in [2.75, 3.05) is 13.2 Å². The number of carbonyl (C=O) groups is 2. The van der Waals surface area contributed by atoms with Crippen molar-refractivity contribution in [3.8, 4) is 0 Å². The number of carbonyl (C=O) groups excluding carboxylic acids is 1. The summed E-state index contributed by atoms with van der Waals surface area (Å²) in [6.45, 7) is 1.06. The molecule has 0 bridgehead atoms. The fraction of sp³-hybridized carbons (Fsp3) is 0.300. The number of nitrogens with one attached hydrogen (secondary N) is 1. The van der Waals surface area contributed by atoms with E-state index in [9.17, 15) is 14.0 Å². The van der Waals surface area contributed by atoms with Gasteiger partial charge in [-0.2, -0.15) is 0 Å². The Hall–Kier alpha value is -2.73. The number of carboxylic acid groups (broad SMARTS) is 1. The third kappa shape index (κ3) is 3.75. The van der Waals surface area contributed by atoms with Crippen molar-refractivity contribution in [2.45, 2.75) is 24.8 Å². The van der Waals surface area contributed by atoms with Crippen molar-refractivity contribution < 1.29 is 23.8 Å².